The number of anilines is 1. The van der Waals surface area contributed by atoms with Crippen LogP contribution in [0.2, 0.25) is 0 Å². The van der Waals surface area contributed by atoms with Gasteiger partial charge in [0.25, 0.3) is 5.91 Å². The van der Waals surface area contributed by atoms with Crippen molar-refractivity contribution in [3.8, 4) is 0 Å². The minimum absolute atomic E-state index is 0.0688. The summed E-state index contributed by atoms with van der Waals surface area (Å²) in [5.74, 6) is 0.277. The summed E-state index contributed by atoms with van der Waals surface area (Å²) in [4.78, 5) is 30.1. The summed E-state index contributed by atoms with van der Waals surface area (Å²) >= 11 is 0. The van der Waals surface area contributed by atoms with Crippen LogP contribution < -0.4 is 11.1 Å². The Bertz CT molecular complexity index is 699. The predicted octanol–water partition coefficient (Wildman–Crippen LogP) is 0.191. The number of likely N-dealkylation sites (tertiary alicyclic amines) is 1. The minimum atomic E-state index is -0.933. The average molecular weight is 331 g/mol. The summed E-state index contributed by atoms with van der Waals surface area (Å²) in [6, 6.07) is 1.60. The molecule has 0 unspecified atom stereocenters. The van der Waals surface area contributed by atoms with E-state index in [1.54, 1.807) is 18.5 Å². The van der Waals surface area contributed by atoms with Gasteiger partial charge in [0, 0.05) is 43.9 Å². The molecule has 3 heterocycles. The van der Waals surface area contributed by atoms with Gasteiger partial charge in [-0.2, -0.15) is 0 Å². The molecule has 1 aliphatic rings. The van der Waals surface area contributed by atoms with Crippen LogP contribution in [0.5, 0.6) is 0 Å². The molecule has 0 aliphatic carbocycles. The fourth-order valence-electron chi connectivity index (χ4n) is 2.74. The Morgan fingerprint density at radius 3 is 2.75 bits per heavy atom. The van der Waals surface area contributed by atoms with Crippen molar-refractivity contribution < 1.29 is 9.18 Å². The van der Waals surface area contributed by atoms with E-state index in [0.717, 1.165) is 0 Å². The number of aromatic nitrogens is 4. The van der Waals surface area contributed by atoms with Gasteiger partial charge in [-0.15, -0.1) is 0 Å². The molecule has 1 amide bonds. The molecular formula is C15H18FN7O. The van der Waals surface area contributed by atoms with Gasteiger partial charge in [-0.3, -0.25) is 9.69 Å². The van der Waals surface area contributed by atoms with E-state index in [1.165, 1.54) is 12.4 Å². The summed E-state index contributed by atoms with van der Waals surface area (Å²) in [5, 5.41) is 2.75. The fraction of sp³-hybridized carbons (Fsp3) is 0.400. The summed E-state index contributed by atoms with van der Waals surface area (Å²) in [7, 11) is 0. The molecule has 126 valence electrons. The topological polar surface area (TPSA) is 110 Å². The number of alkyl halides is 1. The Hall–Kier alpha value is -2.68. The highest BCUT2D eigenvalue weighted by atomic mass is 19.1. The third kappa shape index (κ3) is 3.80. The van der Waals surface area contributed by atoms with Gasteiger partial charge in [-0.1, -0.05) is 0 Å². The molecule has 9 heteroatoms. The number of nitrogens with one attached hydrogen (secondary N) is 1. The molecule has 1 saturated heterocycles. The number of nitrogens with two attached hydrogens (primary N) is 1. The highest BCUT2D eigenvalue weighted by molar-refractivity contribution is 5.96. The zero-order valence-corrected chi connectivity index (χ0v) is 13.0. The molecule has 0 radical (unpaired) electrons. The first-order chi connectivity index (χ1) is 11.6. The van der Waals surface area contributed by atoms with Crippen molar-refractivity contribution in [2.75, 3.05) is 18.8 Å². The third-order valence-electron chi connectivity index (χ3n) is 3.88. The van der Waals surface area contributed by atoms with Crippen LogP contribution in [-0.4, -0.2) is 56.0 Å². The number of nitrogens with zero attached hydrogens (tertiary/aromatic N) is 5. The number of nitrogen functional groups attached to an aromatic ring is 1. The number of halogens is 1. The molecule has 3 rings (SSSR count). The van der Waals surface area contributed by atoms with Crippen LogP contribution in [0.3, 0.4) is 0 Å². The van der Waals surface area contributed by atoms with E-state index in [9.17, 15) is 9.18 Å². The highest BCUT2D eigenvalue weighted by Crippen LogP contribution is 2.21. The first-order valence-corrected chi connectivity index (χ1v) is 7.62. The van der Waals surface area contributed by atoms with Crippen molar-refractivity contribution >= 4 is 11.7 Å². The molecule has 1 aliphatic heterocycles. The molecule has 2 atom stereocenters. The Kier molecular flexibility index (Phi) is 4.90. The Balaban J connectivity index is 1.60. The second kappa shape index (κ2) is 7.26. The van der Waals surface area contributed by atoms with Gasteiger partial charge >= 0.3 is 0 Å². The number of amides is 1. The first-order valence-electron chi connectivity index (χ1n) is 7.62. The number of carbonyl (C=O) groups is 1. The van der Waals surface area contributed by atoms with E-state index in [1.807, 2.05) is 4.90 Å². The van der Waals surface area contributed by atoms with Gasteiger partial charge in [-0.05, 0) is 12.5 Å². The zero-order valence-electron chi connectivity index (χ0n) is 13.0. The van der Waals surface area contributed by atoms with Crippen molar-refractivity contribution in [1.29, 1.82) is 0 Å². The number of carbonyl (C=O) groups excluding carboxylic acids is 1. The van der Waals surface area contributed by atoms with Crippen molar-refractivity contribution in [3.63, 3.8) is 0 Å². The monoisotopic (exact) mass is 331 g/mol. The Morgan fingerprint density at radius 2 is 2.00 bits per heavy atom. The fourth-order valence-corrected chi connectivity index (χ4v) is 2.74. The molecule has 0 saturated carbocycles. The van der Waals surface area contributed by atoms with Gasteiger partial charge in [-0.25, -0.2) is 24.3 Å². The minimum Gasteiger partial charge on any atom is -0.382 e. The second-order valence-corrected chi connectivity index (χ2v) is 5.58. The smallest absolute Gasteiger partial charge is 0.273 e. The van der Waals surface area contributed by atoms with Crippen molar-refractivity contribution in [2.24, 2.45) is 0 Å². The molecule has 2 aromatic rings. The maximum absolute atomic E-state index is 13.8. The SMILES string of the molecule is Nc1nccnc1C(=O)NC[C@@H]1C[C@H](F)CN1Cc1ncccn1. The van der Waals surface area contributed by atoms with Gasteiger partial charge < -0.3 is 11.1 Å². The maximum Gasteiger partial charge on any atom is 0.273 e. The van der Waals surface area contributed by atoms with E-state index >= 15 is 0 Å². The van der Waals surface area contributed by atoms with Crippen molar-refractivity contribution in [1.82, 2.24) is 30.2 Å². The lowest BCUT2D eigenvalue weighted by molar-refractivity contribution is 0.0935. The highest BCUT2D eigenvalue weighted by Gasteiger charge is 2.32. The van der Waals surface area contributed by atoms with Crippen LogP contribution in [-0.2, 0) is 6.54 Å². The van der Waals surface area contributed by atoms with E-state index in [4.69, 9.17) is 5.73 Å². The van der Waals surface area contributed by atoms with E-state index < -0.39 is 12.1 Å². The maximum atomic E-state index is 13.8. The number of hydrogen-bond donors (Lipinski definition) is 2. The molecule has 0 aromatic carbocycles. The molecule has 2 aromatic heterocycles. The van der Waals surface area contributed by atoms with Gasteiger partial charge in [0.1, 0.15) is 12.0 Å². The lowest BCUT2D eigenvalue weighted by atomic mass is 10.2. The normalized spacial score (nSPS) is 20.9. The standard InChI is InChI=1S/C15H18FN7O/c16-10-6-11(23(8-10)9-12-18-2-1-3-19-12)7-22-15(24)13-14(17)21-5-4-20-13/h1-5,10-11H,6-9H2,(H2,17,21)(H,22,24)/t10-,11-/m0/s1. The summed E-state index contributed by atoms with van der Waals surface area (Å²) < 4.78 is 13.8. The molecule has 8 nitrogen and oxygen atoms in total. The Labute approximate surface area is 138 Å². The van der Waals surface area contributed by atoms with Gasteiger partial charge in [0.15, 0.2) is 11.5 Å². The quantitative estimate of drug-likeness (QED) is 0.805. The second-order valence-electron chi connectivity index (χ2n) is 5.58. The van der Waals surface area contributed by atoms with Gasteiger partial charge in [0.2, 0.25) is 0 Å². The summed E-state index contributed by atoms with van der Waals surface area (Å²) in [6.45, 7) is 1.03. The average Bonchev–Trinajstić information content (AvgIpc) is 2.93. The summed E-state index contributed by atoms with van der Waals surface area (Å²) in [5.41, 5.74) is 5.71. The van der Waals surface area contributed by atoms with Crippen LogP contribution in [0.25, 0.3) is 0 Å². The van der Waals surface area contributed by atoms with Gasteiger partial charge in [0.05, 0.1) is 6.54 Å². The molecule has 1 fully saturated rings. The lowest BCUT2D eigenvalue weighted by Crippen LogP contribution is -2.40. The van der Waals surface area contributed by atoms with Crippen LogP contribution >= 0.6 is 0 Å². The lowest BCUT2D eigenvalue weighted by Gasteiger charge is -2.23. The predicted molar refractivity (Wildman–Crippen MR) is 84.5 cm³/mol. The summed E-state index contributed by atoms with van der Waals surface area (Å²) in [6.07, 6.45) is 5.54. The van der Waals surface area contributed by atoms with Crippen LogP contribution in [0, 0.1) is 0 Å². The number of rotatable bonds is 5. The Morgan fingerprint density at radius 1 is 1.25 bits per heavy atom. The van der Waals surface area contributed by atoms with E-state index in [-0.39, 0.29) is 17.6 Å². The van der Waals surface area contributed by atoms with Crippen molar-refractivity contribution in [2.45, 2.75) is 25.2 Å². The molecule has 0 bridgehead atoms. The van der Waals surface area contributed by atoms with Crippen LogP contribution in [0.1, 0.15) is 22.7 Å². The molecule has 3 N–H and O–H groups in total. The number of hydrogen-bond acceptors (Lipinski definition) is 7. The van der Waals surface area contributed by atoms with E-state index in [0.29, 0.717) is 31.9 Å². The largest absolute Gasteiger partial charge is 0.382 e. The first kappa shape index (κ1) is 16.2. The zero-order chi connectivity index (χ0) is 16.9. The molecule has 24 heavy (non-hydrogen) atoms. The van der Waals surface area contributed by atoms with Crippen LogP contribution in [0.4, 0.5) is 10.2 Å². The molecule has 0 spiro atoms. The van der Waals surface area contributed by atoms with Crippen molar-refractivity contribution in [3.05, 3.63) is 42.4 Å². The van der Waals surface area contributed by atoms with Crippen LogP contribution in [0.15, 0.2) is 30.9 Å². The molecular weight excluding hydrogens is 313 g/mol. The van der Waals surface area contributed by atoms with E-state index in [2.05, 4.69) is 25.3 Å². The third-order valence-corrected chi connectivity index (χ3v) is 3.88.